The van der Waals surface area contributed by atoms with Crippen molar-refractivity contribution in [2.45, 2.75) is 18.8 Å². The van der Waals surface area contributed by atoms with Gasteiger partial charge in [0, 0.05) is 10.8 Å². The maximum atomic E-state index is 8.90. The molecule has 0 spiro atoms. The SMILES string of the molecule is OCC1CCc2scnc21. The van der Waals surface area contributed by atoms with Gasteiger partial charge in [0.15, 0.2) is 0 Å². The summed E-state index contributed by atoms with van der Waals surface area (Å²) in [5.41, 5.74) is 3.01. The molecule has 0 aliphatic heterocycles. The van der Waals surface area contributed by atoms with Gasteiger partial charge in [0.2, 0.25) is 0 Å². The van der Waals surface area contributed by atoms with Crippen molar-refractivity contribution < 1.29 is 5.11 Å². The average Bonchev–Trinajstić information content (AvgIpc) is 2.44. The lowest BCUT2D eigenvalue weighted by molar-refractivity contribution is 0.263. The van der Waals surface area contributed by atoms with Crippen molar-refractivity contribution in [2.75, 3.05) is 6.61 Å². The maximum Gasteiger partial charge on any atom is 0.0797 e. The van der Waals surface area contributed by atoms with Crippen molar-refractivity contribution in [1.82, 2.24) is 4.98 Å². The first-order chi connectivity index (χ1) is 4.92. The molecule has 1 unspecified atom stereocenters. The molecular weight excluding hydrogens is 146 g/mol. The number of aliphatic hydroxyl groups excluding tert-OH is 1. The number of aromatic nitrogens is 1. The Labute approximate surface area is 63.5 Å². The van der Waals surface area contributed by atoms with Gasteiger partial charge in [0.25, 0.3) is 0 Å². The van der Waals surface area contributed by atoms with Gasteiger partial charge in [-0.1, -0.05) is 0 Å². The molecule has 54 valence electrons. The van der Waals surface area contributed by atoms with Crippen LogP contribution >= 0.6 is 11.3 Å². The Morgan fingerprint density at radius 2 is 2.70 bits per heavy atom. The number of nitrogens with zero attached hydrogens (tertiary/aromatic N) is 1. The molecule has 1 N–H and O–H groups in total. The van der Waals surface area contributed by atoms with Crippen LogP contribution in [0.5, 0.6) is 0 Å². The molecule has 2 nitrogen and oxygen atoms in total. The number of hydrogen-bond acceptors (Lipinski definition) is 3. The molecule has 1 aromatic heterocycles. The number of aryl methyl sites for hydroxylation is 1. The van der Waals surface area contributed by atoms with Crippen LogP contribution in [0.1, 0.15) is 22.9 Å². The molecular formula is C7H9NOS. The smallest absolute Gasteiger partial charge is 0.0797 e. The van der Waals surface area contributed by atoms with Gasteiger partial charge in [-0.25, -0.2) is 4.98 Å². The summed E-state index contributed by atoms with van der Waals surface area (Å²) >= 11 is 1.71. The minimum Gasteiger partial charge on any atom is -0.396 e. The van der Waals surface area contributed by atoms with Crippen LogP contribution in [-0.4, -0.2) is 16.7 Å². The van der Waals surface area contributed by atoms with E-state index < -0.39 is 0 Å². The molecule has 1 atom stereocenters. The molecule has 1 aromatic rings. The minimum absolute atomic E-state index is 0.261. The highest BCUT2D eigenvalue weighted by Crippen LogP contribution is 2.33. The predicted octanol–water partition coefficient (Wildman–Crippen LogP) is 1.17. The fraction of sp³-hybridized carbons (Fsp3) is 0.571. The van der Waals surface area contributed by atoms with Crippen molar-refractivity contribution in [3.63, 3.8) is 0 Å². The van der Waals surface area contributed by atoms with Crippen molar-refractivity contribution >= 4 is 11.3 Å². The van der Waals surface area contributed by atoms with Crippen molar-refractivity contribution in [3.8, 4) is 0 Å². The summed E-state index contributed by atoms with van der Waals surface area (Å²) in [6.07, 6.45) is 2.21. The van der Waals surface area contributed by atoms with Gasteiger partial charge in [0.05, 0.1) is 17.8 Å². The molecule has 2 rings (SSSR count). The van der Waals surface area contributed by atoms with Gasteiger partial charge < -0.3 is 5.11 Å². The van der Waals surface area contributed by atoms with Crippen LogP contribution in [-0.2, 0) is 6.42 Å². The molecule has 0 radical (unpaired) electrons. The summed E-state index contributed by atoms with van der Waals surface area (Å²) in [5.74, 6) is 0.334. The minimum atomic E-state index is 0.261. The normalized spacial score (nSPS) is 23.1. The zero-order valence-corrected chi connectivity index (χ0v) is 6.40. The van der Waals surface area contributed by atoms with Crippen LogP contribution in [0.3, 0.4) is 0 Å². The molecule has 0 saturated carbocycles. The van der Waals surface area contributed by atoms with E-state index in [0.29, 0.717) is 5.92 Å². The third-order valence-corrected chi connectivity index (χ3v) is 2.91. The van der Waals surface area contributed by atoms with E-state index >= 15 is 0 Å². The third-order valence-electron chi connectivity index (χ3n) is 2.00. The van der Waals surface area contributed by atoms with Gasteiger partial charge in [-0.05, 0) is 12.8 Å². The summed E-state index contributed by atoms with van der Waals surface area (Å²) in [5, 5.41) is 8.90. The Kier molecular flexibility index (Phi) is 1.47. The van der Waals surface area contributed by atoms with Crippen LogP contribution in [0.2, 0.25) is 0 Å². The standard InChI is InChI=1S/C7H9NOS/c9-3-5-1-2-6-7(5)8-4-10-6/h4-5,9H,1-3H2. The van der Waals surface area contributed by atoms with Crippen LogP contribution in [0, 0.1) is 0 Å². The van der Waals surface area contributed by atoms with Gasteiger partial charge >= 0.3 is 0 Å². The highest BCUT2D eigenvalue weighted by atomic mass is 32.1. The molecule has 10 heavy (non-hydrogen) atoms. The van der Waals surface area contributed by atoms with E-state index in [4.69, 9.17) is 5.11 Å². The first kappa shape index (κ1) is 6.31. The topological polar surface area (TPSA) is 33.1 Å². The Morgan fingerprint density at radius 1 is 1.80 bits per heavy atom. The summed E-state index contributed by atoms with van der Waals surface area (Å²) in [6, 6.07) is 0. The molecule has 0 fully saturated rings. The summed E-state index contributed by atoms with van der Waals surface area (Å²) in [4.78, 5) is 5.58. The lowest BCUT2D eigenvalue weighted by Gasteiger charge is -2.01. The van der Waals surface area contributed by atoms with Gasteiger partial charge in [-0.3, -0.25) is 0 Å². The fourth-order valence-electron chi connectivity index (χ4n) is 1.42. The van der Waals surface area contributed by atoms with Crippen LogP contribution < -0.4 is 0 Å². The van der Waals surface area contributed by atoms with E-state index in [1.165, 1.54) is 4.88 Å². The number of rotatable bonds is 1. The molecule has 3 heteroatoms. The second-order valence-electron chi connectivity index (χ2n) is 2.58. The second-order valence-corrected chi connectivity index (χ2v) is 3.52. The van der Waals surface area contributed by atoms with E-state index in [9.17, 15) is 0 Å². The first-order valence-corrected chi connectivity index (χ1v) is 4.33. The predicted molar refractivity (Wildman–Crippen MR) is 40.3 cm³/mol. The molecule has 1 heterocycles. The number of hydrogen-bond donors (Lipinski definition) is 1. The van der Waals surface area contributed by atoms with E-state index in [1.54, 1.807) is 11.3 Å². The Morgan fingerprint density at radius 3 is 3.50 bits per heavy atom. The molecule has 0 aromatic carbocycles. The Hall–Kier alpha value is -0.410. The second kappa shape index (κ2) is 2.32. The molecule has 1 aliphatic carbocycles. The molecule has 0 saturated heterocycles. The van der Waals surface area contributed by atoms with Crippen molar-refractivity contribution in [3.05, 3.63) is 16.1 Å². The summed E-state index contributed by atoms with van der Waals surface area (Å²) < 4.78 is 0. The lowest BCUT2D eigenvalue weighted by Crippen LogP contribution is -1.98. The van der Waals surface area contributed by atoms with E-state index in [1.807, 2.05) is 5.51 Å². The fourth-order valence-corrected chi connectivity index (χ4v) is 2.29. The van der Waals surface area contributed by atoms with Gasteiger partial charge in [-0.15, -0.1) is 11.3 Å². The van der Waals surface area contributed by atoms with Gasteiger partial charge in [-0.2, -0.15) is 0 Å². The number of fused-ring (bicyclic) bond motifs is 1. The quantitative estimate of drug-likeness (QED) is 0.660. The molecule has 0 bridgehead atoms. The zero-order valence-electron chi connectivity index (χ0n) is 5.58. The summed E-state index contributed by atoms with van der Waals surface area (Å²) in [6.45, 7) is 0.261. The van der Waals surface area contributed by atoms with Crippen molar-refractivity contribution in [2.24, 2.45) is 0 Å². The number of thiazole rings is 1. The summed E-state index contributed by atoms with van der Waals surface area (Å²) in [7, 11) is 0. The average molecular weight is 155 g/mol. The Bertz CT molecular complexity index is 233. The van der Waals surface area contributed by atoms with E-state index in [0.717, 1.165) is 18.5 Å². The highest BCUT2D eigenvalue weighted by molar-refractivity contribution is 7.09. The Balaban J connectivity index is 2.34. The van der Waals surface area contributed by atoms with E-state index in [2.05, 4.69) is 4.98 Å². The van der Waals surface area contributed by atoms with E-state index in [-0.39, 0.29) is 6.61 Å². The first-order valence-electron chi connectivity index (χ1n) is 3.45. The molecule has 0 amide bonds. The van der Waals surface area contributed by atoms with Gasteiger partial charge in [0.1, 0.15) is 0 Å². The monoisotopic (exact) mass is 155 g/mol. The molecule has 1 aliphatic rings. The zero-order chi connectivity index (χ0) is 6.97. The highest BCUT2D eigenvalue weighted by Gasteiger charge is 2.23. The largest absolute Gasteiger partial charge is 0.396 e. The number of aliphatic hydroxyl groups is 1. The maximum absolute atomic E-state index is 8.90. The van der Waals surface area contributed by atoms with Crippen LogP contribution in [0.4, 0.5) is 0 Å². The lowest BCUT2D eigenvalue weighted by atomic mass is 10.1. The van der Waals surface area contributed by atoms with Crippen LogP contribution in [0.25, 0.3) is 0 Å². The van der Waals surface area contributed by atoms with Crippen LogP contribution in [0.15, 0.2) is 5.51 Å². The van der Waals surface area contributed by atoms with Crippen molar-refractivity contribution in [1.29, 1.82) is 0 Å². The third kappa shape index (κ3) is 0.777.